The molecule has 0 aliphatic heterocycles. The van der Waals surface area contributed by atoms with Crippen LogP contribution in [0.5, 0.6) is 11.5 Å². The molecule has 1 aromatic carbocycles. The molecule has 5 heteroatoms. The third kappa shape index (κ3) is 3.59. The Balaban J connectivity index is 2.78. The van der Waals surface area contributed by atoms with Gasteiger partial charge in [0, 0.05) is 6.04 Å². The highest BCUT2D eigenvalue weighted by molar-refractivity contribution is 5.42. The standard InChI is InChI=1S/C12H19NO4/c1-8(13-10(6-14)7-15)9-3-4-11(16)12(5-9)17-2/h3-5,8,10,13-16H,6-7H2,1-2H3. The van der Waals surface area contributed by atoms with Crippen LogP contribution < -0.4 is 10.1 Å². The average molecular weight is 241 g/mol. The lowest BCUT2D eigenvalue weighted by Crippen LogP contribution is -2.37. The van der Waals surface area contributed by atoms with Gasteiger partial charge in [0.2, 0.25) is 0 Å². The molecule has 0 heterocycles. The monoisotopic (exact) mass is 241 g/mol. The highest BCUT2D eigenvalue weighted by Crippen LogP contribution is 2.28. The van der Waals surface area contributed by atoms with Crippen LogP contribution in [0.25, 0.3) is 0 Å². The van der Waals surface area contributed by atoms with Crippen molar-refractivity contribution in [1.29, 1.82) is 0 Å². The van der Waals surface area contributed by atoms with Crippen molar-refractivity contribution in [2.24, 2.45) is 0 Å². The second kappa shape index (κ2) is 6.44. The number of aliphatic hydroxyl groups excluding tert-OH is 2. The van der Waals surface area contributed by atoms with Gasteiger partial charge in [-0.3, -0.25) is 0 Å². The molecule has 0 spiro atoms. The molecule has 1 unspecified atom stereocenters. The fourth-order valence-corrected chi connectivity index (χ4v) is 1.58. The van der Waals surface area contributed by atoms with Gasteiger partial charge in [0.15, 0.2) is 11.5 Å². The van der Waals surface area contributed by atoms with E-state index in [0.717, 1.165) is 5.56 Å². The quantitative estimate of drug-likeness (QED) is 0.580. The molecule has 1 rings (SSSR count). The van der Waals surface area contributed by atoms with E-state index in [0.29, 0.717) is 5.75 Å². The summed E-state index contributed by atoms with van der Waals surface area (Å²) in [5.41, 5.74) is 0.909. The number of methoxy groups -OCH3 is 1. The van der Waals surface area contributed by atoms with E-state index in [1.165, 1.54) is 7.11 Å². The second-order valence-corrected chi connectivity index (χ2v) is 3.88. The minimum absolute atomic E-state index is 0.0613. The van der Waals surface area contributed by atoms with Gasteiger partial charge in [0.1, 0.15) is 0 Å². The molecule has 1 aromatic rings. The lowest BCUT2D eigenvalue weighted by molar-refractivity contribution is 0.163. The van der Waals surface area contributed by atoms with Gasteiger partial charge < -0.3 is 25.4 Å². The maximum Gasteiger partial charge on any atom is 0.160 e. The van der Waals surface area contributed by atoms with E-state index in [-0.39, 0.29) is 31.0 Å². The van der Waals surface area contributed by atoms with E-state index in [1.807, 2.05) is 6.92 Å². The van der Waals surface area contributed by atoms with Gasteiger partial charge in [-0.05, 0) is 24.6 Å². The van der Waals surface area contributed by atoms with E-state index in [9.17, 15) is 5.11 Å². The maximum atomic E-state index is 9.47. The van der Waals surface area contributed by atoms with E-state index in [4.69, 9.17) is 14.9 Å². The van der Waals surface area contributed by atoms with Crippen LogP contribution in [0.4, 0.5) is 0 Å². The Bertz CT molecular complexity index is 352. The zero-order valence-corrected chi connectivity index (χ0v) is 10.1. The Morgan fingerprint density at radius 2 is 1.94 bits per heavy atom. The van der Waals surface area contributed by atoms with Gasteiger partial charge in [-0.1, -0.05) is 6.07 Å². The molecule has 0 saturated heterocycles. The number of aliphatic hydroxyl groups is 2. The molecule has 0 radical (unpaired) electrons. The average Bonchev–Trinajstić information content (AvgIpc) is 2.36. The molecule has 0 bridgehead atoms. The first-order valence-corrected chi connectivity index (χ1v) is 5.47. The zero-order valence-electron chi connectivity index (χ0n) is 10.1. The minimum atomic E-state index is -0.357. The fraction of sp³-hybridized carbons (Fsp3) is 0.500. The molecule has 5 nitrogen and oxygen atoms in total. The maximum absolute atomic E-state index is 9.47. The van der Waals surface area contributed by atoms with Gasteiger partial charge in [0.25, 0.3) is 0 Å². The topological polar surface area (TPSA) is 82.0 Å². The Morgan fingerprint density at radius 1 is 1.29 bits per heavy atom. The number of phenols is 1. The molecular formula is C12H19NO4. The molecule has 4 N–H and O–H groups in total. The number of ether oxygens (including phenoxy) is 1. The first-order valence-electron chi connectivity index (χ1n) is 5.47. The van der Waals surface area contributed by atoms with Gasteiger partial charge in [-0.2, -0.15) is 0 Å². The van der Waals surface area contributed by atoms with E-state index < -0.39 is 0 Å². The highest BCUT2D eigenvalue weighted by atomic mass is 16.5. The van der Waals surface area contributed by atoms with Crippen molar-refractivity contribution < 1.29 is 20.1 Å². The van der Waals surface area contributed by atoms with Gasteiger partial charge >= 0.3 is 0 Å². The smallest absolute Gasteiger partial charge is 0.160 e. The number of rotatable bonds is 6. The summed E-state index contributed by atoms with van der Waals surface area (Å²) in [6.45, 7) is 1.65. The van der Waals surface area contributed by atoms with Crippen LogP contribution in [-0.2, 0) is 0 Å². The summed E-state index contributed by atoms with van der Waals surface area (Å²) in [6, 6.07) is 4.62. The Morgan fingerprint density at radius 3 is 2.47 bits per heavy atom. The van der Waals surface area contributed by atoms with Crippen LogP contribution in [0.15, 0.2) is 18.2 Å². The SMILES string of the molecule is COc1cc(C(C)NC(CO)CO)ccc1O. The van der Waals surface area contributed by atoms with Crippen LogP contribution >= 0.6 is 0 Å². The Kier molecular flexibility index (Phi) is 5.21. The summed E-state index contributed by atoms with van der Waals surface area (Å²) >= 11 is 0. The molecule has 1 atom stereocenters. The zero-order chi connectivity index (χ0) is 12.8. The van der Waals surface area contributed by atoms with Crippen LogP contribution in [0.2, 0.25) is 0 Å². The third-order valence-corrected chi connectivity index (χ3v) is 2.63. The number of phenolic OH excluding ortho intramolecular Hbond substituents is 1. The van der Waals surface area contributed by atoms with E-state index >= 15 is 0 Å². The molecule has 96 valence electrons. The van der Waals surface area contributed by atoms with Gasteiger partial charge in [-0.15, -0.1) is 0 Å². The molecule has 0 amide bonds. The summed E-state index contributed by atoms with van der Waals surface area (Å²) in [4.78, 5) is 0. The first kappa shape index (κ1) is 13.8. The number of aromatic hydroxyl groups is 1. The Labute approximate surface area is 101 Å². The van der Waals surface area contributed by atoms with Crippen LogP contribution in [0, 0.1) is 0 Å². The number of hydrogen-bond donors (Lipinski definition) is 4. The van der Waals surface area contributed by atoms with Crippen molar-refractivity contribution in [2.75, 3.05) is 20.3 Å². The lowest BCUT2D eigenvalue weighted by Gasteiger charge is -2.20. The summed E-state index contributed by atoms with van der Waals surface area (Å²) in [5, 5.41) is 30.5. The lowest BCUT2D eigenvalue weighted by atomic mass is 10.1. The van der Waals surface area contributed by atoms with E-state index in [2.05, 4.69) is 5.32 Å². The second-order valence-electron chi connectivity index (χ2n) is 3.88. The summed E-state index contributed by atoms with van der Waals surface area (Å²) < 4.78 is 5.02. The fourth-order valence-electron chi connectivity index (χ4n) is 1.58. The van der Waals surface area contributed by atoms with E-state index in [1.54, 1.807) is 18.2 Å². The molecule has 0 aliphatic rings. The third-order valence-electron chi connectivity index (χ3n) is 2.63. The number of hydrogen-bond acceptors (Lipinski definition) is 5. The minimum Gasteiger partial charge on any atom is -0.504 e. The van der Waals surface area contributed by atoms with Crippen molar-refractivity contribution in [2.45, 2.75) is 19.0 Å². The predicted molar refractivity (Wildman–Crippen MR) is 64.2 cm³/mol. The number of nitrogens with one attached hydrogen (secondary N) is 1. The first-order chi connectivity index (χ1) is 8.12. The van der Waals surface area contributed by atoms with Crippen molar-refractivity contribution in [3.63, 3.8) is 0 Å². The molecule has 0 fully saturated rings. The molecular weight excluding hydrogens is 222 g/mol. The van der Waals surface area contributed by atoms with Crippen LogP contribution in [0.1, 0.15) is 18.5 Å². The van der Waals surface area contributed by atoms with Crippen molar-refractivity contribution in [3.8, 4) is 11.5 Å². The Hall–Kier alpha value is -1.30. The number of benzene rings is 1. The molecule has 0 aliphatic carbocycles. The molecule has 17 heavy (non-hydrogen) atoms. The van der Waals surface area contributed by atoms with Crippen LogP contribution in [0.3, 0.4) is 0 Å². The normalized spacial score (nSPS) is 12.8. The predicted octanol–water partition coefficient (Wildman–Crippen LogP) is 0.405. The van der Waals surface area contributed by atoms with Crippen molar-refractivity contribution in [1.82, 2.24) is 5.32 Å². The summed E-state index contributed by atoms with van der Waals surface area (Å²) in [5.74, 6) is 0.491. The summed E-state index contributed by atoms with van der Waals surface area (Å²) in [7, 11) is 1.49. The van der Waals surface area contributed by atoms with Crippen LogP contribution in [-0.4, -0.2) is 41.7 Å². The van der Waals surface area contributed by atoms with Crippen molar-refractivity contribution in [3.05, 3.63) is 23.8 Å². The molecule has 0 saturated carbocycles. The summed E-state index contributed by atoms with van der Waals surface area (Å²) in [6.07, 6.45) is 0. The van der Waals surface area contributed by atoms with Gasteiger partial charge in [0.05, 0.1) is 26.4 Å². The van der Waals surface area contributed by atoms with Gasteiger partial charge in [-0.25, -0.2) is 0 Å². The molecule has 0 aromatic heterocycles. The van der Waals surface area contributed by atoms with Crippen molar-refractivity contribution >= 4 is 0 Å². The highest BCUT2D eigenvalue weighted by Gasteiger charge is 2.13. The largest absolute Gasteiger partial charge is 0.504 e.